The predicted octanol–water partition coefficient (Wildman–Crippen LogP) is 4.37. The second kappa shape index (κ2) is 8.42. The SMILES string of the molecule is C[N+]12CCC(CC1)[C@@H](NC(=O)c1cc3cccc(-c4ccccc4N4CCOCC4)c3s1)C2. The molecule has 172 valence electrons. The first-order chi connectivity index (χ1) is 16.1. The summed E-state index contributed by atoms with van der Waals surface area (Å²) >= 11 is 1.63. The maximum atomic E-state index is 13.3. The minimum atomic E-state index is 0.0916. The van der Waals surface area contributed by atoms with E-state index in [1.807, 2.05) is 0 Å². The number of morpholine rings is 1. The molecule has 1 aromatic heterocycles. The number of fused-ring (bicyclic) bond motifs is 4. The second-order valence-electron chi connectivity index (χ2n) is 10.1. The Morgan fingerprint density at radius 2 is 1.82 bits per heavy atom. The number of rotatable bonds is 4. The molecule has 0 aliphatic carbocycles. The van der Waals surface area contributed by atoms with Crippen molar-refractivity contribution in [1.82, 2.24) is 5.32 Å². The van der Waals surface area contributed by atoms with Crippen LogP contribution in [0.4, 0.5) is 5.69 Å². The highest BCUT2D eigenvalue weighted by atomic mass is 32.1. The summed E-state index contributed by atoms with van der Waals surface area (Å²) in [5.74, 6) is 0.730. The second-order valence-corrected chi connectivity index (χ2v) is 11.2. The summed E-state index contributed by atoms with van der Waals surface area (Å²) < 4.78 is 7.87. The Morgan fingerprint density at radius 3 is 2.61 bits per heavy atom. The number of thiophene rings is 1. The van der Waals surface area contributed by atoms with Crippen LogP contribution in [0.25, 0.3) is 21.2 Å². The number of nitrogens with one attached hydrogen (secondary N) is 1. The Labute approximate surface area is 199 Å². The van der Waals surface area contributed by atoms with Gasteiger partial charge in [-0.05, 0) is 23.4 Å². The third-order valence-corrected chi connectivity index (χ3v) is 9.10. The van der Waals surface area contributed by atoms with Crippen LogP contribution >= 0.6 is 11.3 Å². The number of hydrogen-bond donors (Lipinski definition) is 1. The first-order valence-electron chi connectivity index (χ1n) is 12.2. The van der Waals surface area contributed by atoms with Crippen molar-refractivity contribution >= 4 is 33.0 Å². The van der Waals surface area contributed by atoms with Gasteiger partial charge in [-0.2, -0.15) is 0 Å². The van der Waals surface area contributed by atoms with Crippen molar-refractivity contribution in [2.45, 2.75) is 18.9 Å². The van der Waals surface area contributed by atoms with Gasteiger partial charge in [0, 0.05) is 47.4 Å². The molecule has 5 nitrogen and oxygen atoms in total. The molecule has 33 heavy (non-hydrogen) atoms. The smallest absolute Gasteiger partial charge is 0.261 e. The fourth-order valence-electron chi connectivity index (χ4n) is 5.99. The van der Waals surface area contributed by atoms with Gasteiger partial charge in [0.2, 0.25) is 0 Å². The maximum absolute atomic E-state index is 13.3. The Kier molecular flexibility index (Phi) is 5.40. The predicted molar refractivity (Wildman–Crippen MR) is 135 cm³/mol. The van der Waals surface area contributed by atoms with Crippen LogP contribution in [-0.2, 0) is 4.74 Å². The molecule has 1 amide bonds. The molecule has 1 N–H and O–H groups in total. The van der Waals surface area contributed by atoms with Gasteiger partial charge < -0.3 is 19.4 Å². The first-order valence-corrected chi connectivity index (χ1v) is 13.0. The maximum Gasteiger partial charge on any atom is 0.261 e. The molecule has 1 atom stereocenters. The fourth-order valence-corrected chi connectivity index (χ4v) is 7.08. The summed E-state index contributed by atoms with van der Waals surface area (Å²) in [5.41, 5.74) is 3.69. The van der Waals surface area contributed by atoms with Crippen molar-refractivity contribution in [2.24, 2.45) is 5.92 Å². The highest BCUT2D eigenvalue weighted by Gasteiger charge is 2.43. The number of hydrogen-bond acceptors (Lipinski definition) is 4. The van der Waals surface area contributed by atoms with Crippen LogP contribution in [-0.4, -0.2) is 69.4 Å². The van der Waals surface area contributed by atoms with E-state index in [-0.39, 0.29) is 5.91 Å². The van der Waals surface area contributed by atoms with E-state index in [4.69, 9.17) is 4.74 Å². The van der Waals surface area contributed by atoms with E-state index in [9.17, 15) is 4.79 Å². The number of anilines is 1. The lowest BCUT2D eigenvalue weighted by Gasteiger charge is -2.50. The van der Waals surface area contributed by atoms with Gasteiger partial charge in [0.1, 0.15) is 0 Å². The molecule has 0 radical (unpaired) electrons. The highest BCUT2D eigenvalue weighted by Crippen LogP contribution is 2.40. The van der Waals surface area contributed by atoms with Gasteiger partial charge >= 0.3 is 0 Å². The molecule has 2 aromatic carbocycles. The van der Waals surface area contributed by atoms with E-state index >= 15 is 0 Å². The number of nitrogens with zero attached hydrogens (tertiary/aromatic N) is 2. The van der Waals surface area contributed by atoms with Gasteiger partial charge in [0.15, 0.2) is 0 Å². The van der Waals surface area contributed by atoms with Gasteiger partial charge in [0.05, 0.1) is 50.8 Å². The monoisotopic (exact) mass is 462 g/mol. The molecular weight excluding hydrogens is 430 g/mol. The van der Waals surface area contributed by atoms with Crippen LogP contribution in [0.2, 0.25) is 0 Å². The van der Waals surface area contributed by atoms with Crippen LogP contribution < -0.4 is 10.2 Å². The van der Waals surface area contributed by atoms with E-state index in [2.05, 4.69) is 65.8 Å². The topological polar surface area (TPSA) is 41.6 Å². The van der Waals surface area contributed by atoms with Crippen LogP contribution in [0.1, 0.15) is 22.5 Å². The van der Waals surface area contributed by atoms with Crippen molar-refractivity contribution in [3.8, 4) is 11.1 Å². The lowest BCUT2D eigenvalue weighted by Crippen LogP contribution is -2.65. The summed E-state index contributed by atoms with van der Waals surface area (Å²) in [6.45, 7) is 6.93. The van der Waals surface area contributed by atoms with Gasteiger partial charge in [0.25, 0.3) is 5.91 Å². The Morgan fingerprint density at radius 1 is 1.06 bits per heavy atom. The number of likely N-dealkylation sites (N-methyl/N-ethyl adjacent to an activating group) is 1. The Bertz CT molecular complexity index is 1180. The molecule has 5 heterocycles. The highest BCUT2D eigenvalue weighted by molar-refractivity contribution is 7.21. The average molecular weight is 463 g/mol. The molecule has 0 unspecified atom stereocenters. The van der Waals surface area contributed by atoms with Crippen molar-refractivity contribution in [3.05, 3.63) is 53.4 Å². The summed E-state index contributed by atoms with van der Waals surface area (Å²) in [5, 5.41) is 4.55. The number of piperidine rings is 3. The molecule has 0 saturated carbocycles. The van der Waals surface area contributed by atoms with E-state index in [1.165, 1.54) is 47.4 Å². The third-order valence-electron chi connectivity index (χ3n) is 7.92. The number of quaternary nitrogens is 1. The van der Waals surface area contributed by atoms with Crippen molar-refractivity contribution in [2.75, 3.05) is 57.9 Å². The van der Waals surface area contributed by atoms with Gasteiger partial charge in [-0.25, -0.2) is 0 Å². The molecular formula is C27H32N3O2S+. The quantitative estimate of drug-likeness (QED) is 0.586. The Balaban J connectivity index is 1.31. The molecule has 4 fully saturated rings. The van der Waals surface area contributed by atoms with Gasteiger partial charge in [-0.1, -0.05) is 36.4 Å². The molecule has 4 saturated heterocycles. The van der Waals surface area contributed by atoms with E-state index < -0.39 is 0 Å². The van der Waals surface area contributed by atoms with E-state index in [0.717, 1.165) is 47.6 Å². The third kappa shape index (κ3) is 3.94. The minimum Gasteiger partial charge on any atom is -0.378 e. The average Bonchev–Trinajstić information content (AvgIpc) is 3.30. The van der Waals surface area contributed by atoms with E-state index in [1.54, 1.807) is 11.3 Å². The van der Waals surface area contributed by atoms with Crippen LogP contribution in [0, 0.1) is 5.92 Å². The van der Waals surface area contributed by atoms with Crippen LogP contribution in [0.3, 0.4) is 0 Å². The first kappa shape index (κ1) is 21.1. The standard InChI is InChI=1S/C27H31N3O2S/c1-30-13-9-19(10-14-30)23(18-30)28-27(31)25-17-20-5-4-7-22(26(20)33-25)21-6-2-3-8-24(21)29-11-15-32-16-12-29/h2-8,17,19,23H,9-16,18H2,1H3/p+1/t19?,23-,30?/m0/s1. The zero-order valence-electron chi connectivity index (χ0n) is 19.3. The lowest BCUT2D eigenvalue weighted by atomic mass is 9.82. The molecule has 2 bridgehead atoms. The number of amides is 1. The number of para-hydroxylation sites is 1. The zero-order valence-corrected chi connectivity index (χ0v) is 20.1. The van der Waals surface area contributed by atoms with Crippen molar-refractivity contribution in [1.29, 1.82) is 0 Å². The van der Waals surface area contributed by atoms with Gasteiger partial charge in [-0.3, -0.25) is 4.79 Å². The summed E-state index contributed by atoms with van der Waals surface area (Å²) in [6.07, 6.45) is 2.46. The molecule has 7 rings (SSSR count). The number of carbonyl (C=O) groups is 1. The summed E-state index contributed by atoms with van der Waals surface area (Å²) in [7, 11) is 2.34. The van der Waals surface area contributed by atoms with Crippen molar-refractivity contribution < 1.29 is 14.0 Å². The lowest BCUT2D eigenvalue weighted by molar-refractivity contribution is -0.925. The summed E-state index contributed by atoms with van der Waals surface area (Å²) in [4.78, 5) is 16.5. The molecule has 6 heteroatoms. The molecule has 4 aliphatic heterocycles. The largest absolute Gasteiger partial charge is 0.378 e. The fraction of sp³-hybridized carbons (Fsp3) is 0.444. The van der Waals surface area contributed by atoms with Crippen LogP contribution in [0.15, 0.2) is 48.5 Å². The normalized spacial score (nSPS) is 27.1. The van der Waals surface area contributed by atoms with Crippen molar-refractivity contribution in [3.63, 3.8) is 0 Å². The van der Waals surface area contributed by atoms with Crippen LogP contribution in [0.5, 0.6) is 0 Å². The summed E-state index contributed by atoms with van der Waals surface area (Å²) in [6, 6.07) is 17.4. The number of benzene rings is 2. The molecule has 0 spiro atoms. The zero-order chi connectivity index (χ0) is 22.4. The molecule has 3 aromatic rings. The van der Waals surface area contributed by atoms with Gasteiger partial charge in [-0.15, -0.1) is 11.3 Å². The van der Waals surface area contributed by atoms with E-state index in [0.29, 0.717) is 12.0 Å². The molecule has 4 aliphatic rings. The minimum absolute atomic E-state index is 0.0916. The Hall–Kier alpha value is -2.41. The number of carbonyl (C=O) groups excluding carboxylic acids is 1. The number of ether oxygens (including phenoxy) is 1.